The summed E-state index contributed by atoms with van der Waals surface area (Å²) >= 11 is 0. The molecule has 0 bridgehead atoms. The molecule has 5 nitrogen and oxygen atoms in total. The molecule has 0 radical (unpaired) electrons. The molecule has 24 heavy (non-hydrogen) atoms. The molecule has 2 rings (SSSR count). The van der Waals surface area contributed by atoms with Crippen molar-refractivity contribution >= 4 is 6.03 Å². The van der Waals surface area contributed by atoms with E-state index in [9.17, 15) is 4.79 Å². The summed E-state index contributed by atoms with van der Waals surface area (Å²) < 4.78 is 10.6. The van der Waals surface area contributed by atoms with Crippen molar-refractivity contribution in [1.29, 1.82) is 0 Å². The van der Waals surface area contributed by atoms with E-state index >= 15 is 0 Å². The van der Waals surface area contributed by atoms with Gasteiger partial charge < -0.3 is 19.7 Å². The summed E-state index contributed by atoms with van der Waals surface area (Å²) in [6.07, 6.45) is 4.01. The normalized spacial score (nSPS) is 15.5. The van der Waals surface area contributed by atoms with Gasteiger partial charge in [-0.1, -0.05) is 30.3 Å². The van der Waals surface area contributed by atoms with E-state index in [0.29, 0.717) is 19.1 Å². The maximum atomic E-state index is 12.2. The lowest BCUT2D eigenvalue weighted by atomic mass is 9.98. The predicted octanol–water partition coefficient (Wildman–Crippen LogP) is 2.70. The van der Waals surface area contributed by atoms with Gasteiger partial charge in [-0.15, -0.1) is 0 Å². The zero-order chi connectivity index (χ0) is 17.0. The fourth-order valence-electron chi connectivity index (χ4n) is 2.94. The Bertz CT molecular complexity index is 459. The summed E-state index contributed by atoms with van der Waals surface area (Å²) in [5, 5.41) is 3.04. The molecule has 1 aliphatic rings. The molecular weight excluding hydrogens is 304 g/mol. The lowest BCUT2D eigenvalue weighted by molar-refractivity contribution is 0.0381. The molecule has 0 saturated carbocycles. The topological polar surface area (TPSA) is 50.8 Å². The van der Waals surface area contributed by atoms with Gasteiger partial charge in [0.05, 0.1) is 13.2 Å². The van der Waals surface area contributed by atoms with E-state index in [2.05, 4.69) is 29.6 Å². The number of carbonyl (C=O) groups excluding carboxylic acids is 1. The monoisotopic (exact) mass is 334 g/mol. The van der Waals surface area contributed by atoms with Gasteiger partial charge >= 0.3 is 6.03 Å². The largest absolute Gasteiger partial charge is 0.382 e. The molecule has 134 valence electrons. The number of piperidine rings is 1. The molecule has 0 aliphatic carbocycles. The van der Waals surface area contributed by atoms with Crippen LogP contribution in [0.1, 0.15) is 24.8 Å². The third-order valence-corrected chi connectivity index (χ3v) is 4.45. The second kappa shape index (κ2) is 11.0. The third-order valence-electron chi connectivity index (χ3n) is 4.45. The lowest BCUT2D eigenvalue weighted by Crippen LogP contribution is -2.45. The van der Waals surface area contributed by atoms with Crippen molar-refractivity contribution in [2.45, 2.75) is 25.7 Å². The van der Waals surface area contributed by atoms with Crippen LogP contribution in [-0.4, -0.2) is 57.5 Å². The van der Waals surface area contributed by atoms with Gasteiger partial charge in [-0.3, -0.25) is 0 Å². The van der Waals surface area contributed by atoms with Crippen LogP contribution in [0.4, 0.5) is 4.79 Å². The minimum Gasteiger partial charge on any atom is -0.382 e. The minimum absolute atomic E-state index is 0.0711. The molecule has 5 heteroatoms. The number of nitrogens with zero attached hydrogens (tertiary/aromatic N) is 1. The van der Waals surface area contributed by atoms with Crippen LogP contribution in [0.15, 0.2) is 30.3 Å². The molecule has 2 amide bonds. The van der Waals surface area contributed by atoms with Crippen LogP contribution in [0.2, 0.25) is 0 Å². The lowest BCUT2D eigenvalue weighted by Gasteiger charge is -2.31. The third kappa shape index (κ3) is 6.89. The Balaban J connectivity index is 1.54. The summed E-state index contributed by atoms with van der Waals surface area (Å²) in [5.74, 6) is 0.559. The average Bonchev–Trinajstić information content (AvgIpc) is 2.63. The van der Waals surface area contributed by atoms with Crippen molar-refractivity contribution in [1.82, 2.24) is 10.2 Å². The van der Waals surface area contributed by atoms with Gasteiger partial charge in [-0.2, -0.15) is 0 Å². The smallest absolute Gasteiger partial charge is 0.317 e. The van der Waals surface area contributed by atoms with Gasteiger partial charge in [0.1, 0.15) is 0 Å². The van der Waals surface area contributed by atoms with Crippen LogP contribution in [0.3, 0.4) is 0 Å². The van der Waals surface area contributed by atoms with E-state index in [-0.39, 0.29) is 6.03 Å². The highest BCUT2D eigenvalue weighted by Gasteiger charge is 2.22. The molecule has 1 saturated heterocycles. The molecule has 1 N–H and O–H groups in total. The van der Waals surface area contributed by atoms with E-state index in [4.69, 9.17) is 9.47 Å². The molecule has 0 atom stereocenters. The number of ether oxygens (including phenoxy) is 2. The van der Waals surface area contributed by atoms with Crippen molar-refractivity contribution in [3.63, 3.8) is 0 Å². The second-order valence-electron chi connectivity index (χ2n) is 6.32. The van der Waals surface area contributed by atoms with Gasteiger partial charge in [-0.25, -0.2) is 4.79 Å². The van der Waals surface area contributed by atoms with Crippen molar-refractivity contribution in [2.75, 3.05) is 46.6 Å². The number of amides is 2. The Morgan fingerprint density at radius 2 is 1.96 bits per heavy atom. The molecule has 1 aromatic carbocycles. The van der Waals surface area contributed by atoms with Crippen molar-refractivity contribution in [3.8, 4) is 0 Å². The Morgan fingerprint density at radius 3 is 2.67 bits per heavy atom. The maximum absolute atomic E-state index is 12.2. The van der Waals surface area contributed by atoms with Gasteiger partial charge in [-0.05, 0) is 37.2 Å². The molecule has 1 heterocycles. The summed E-state index contributed by atoms with van der Waals surface area (Å²) in [7, 11) is 1.68. The van der Waals surface area contributed by atoms with Gasteiger partial charge in [0.2, 0.25) is 0 Å². The van der Waals surface area contributed by atoms with E-state index in [1.54, 1.807) is 7.11 Å². The van der Waals surface area contributed by atoms with Crippen LogP contribution >= 0.6 is 0 Å². The fourth-order valence-corrected chi connectivity index (χ4v) is 2.94. The number of carbonyl (C=O) groups is 1. The number of likely N-dealkylation sites (tertiary alicyclic amines) is 1. The highest BCUT2D eigenvalue weighted by Crippen LogP contribution is 2.17. The second-order valence-corrected chi connectivity index (χ2v) is 6.32. The number of nitrogens with one attached hydrogen (secondary N) is 1. The SMILES string of the molecule is COCCOCC1CCN(C(=O)NCCCc2ccccc2)CC1. The Kier molecular flexibility index (Phi) is 8.63. The molecule has 0 spiro atoms. The highest BCUT2D eigenvalue weighted by atomic mass is 16.5. The average molecular weight is 334 g/mol. The van der Waals surface area contributed by atoms with Crippen LogP contribution in [0.5, 0.6) is 0 Å². The Morgan fingerprint density at radius 1 is 1.21 bits per heavy atom. The fraction of sp³-hybridized carbons (Fsp3) is 0.632. The first-order chi connectivity index (χ1) is 11.8. The molecule has 1 fully saturated rings. The Labute approximate surface area is 145 Å². The Hall–Kier alpha value is -1.59. The number of aryl methyl sites for hydroxylation is 1. The van der Waals surface area contributed by atoms with Crippen molar-refractivity contribution in [2.24, 2.45) is 5.92 Å². The summed E-state index contributed by atoms with van der Waals surface area (Å²) in [4.78, 5) is 14.1. The van der Waals surface area contributed by atoms with E-state index in [1.807, 2.05) is 11.0 Å². The van der Waals surface area contributed by atoms with Crippen LogP contribution in [-0.2, 0) is 15.9 Å². The molecule has 0 aromatic heterocycles. The number of rotatable bonds is 9. The zero-order valence-electron chi connectivity index (χ0n) is 14.7. The minimum atomic E-state index is 0.0711. The summed E-state index contributed by atoms with van der Waals surface area (Å²) in [6.45, 7) is 4.44. The molecule has 0 unspecified atom stereocenters. The highest BCUT2D eigenvalue weighted by molar-refractivity contribution is 5.74. The number of hydrogen-bond donors (Lipinski definition) is 1. The van der Waals surface area contributed by atoms with Crippen LogP contribution in [0, 0.1) is 5.92 Å². The first kappa shape index (κ1) is 18.7. The summed E-state index contributed by atoms with van der Waals surface area (Å²) in [5.41, 5.74) is 1.32. The van der Waals surface area contributed by atoms with Crippen molar-refractivity contribution in [3.05, 3.63) is 35.9 Å². The zero-order valence-corrected chi connectivity index (χ0v) is 14.7. The maximum Gasteiger partial charge on any atom is 0.317 e. The first-order valence-electron chi connectivity index (χ1n) is 8.93. The standard InChI is InChI=1S/C19H30N2O3/c1-23-14-15-24-16-18-9-12-21(13-10-18)19(22)20-11-5-8-17-6-3-2-4-7-17/h2-4,6-7,18H,5,8-16H2,1H3,(H,20,22). The molecular formula is C19H30N2O3. The van der Waals surface area contributed by atoms with E-state index < -0.39 is 0 Å². The van der Waals surface area contributed by atoms with Crippen LogP contribution < -0.4 is 5.32 Å². The molecule has 1 aromatic rings. The van der Waals surface area contributed by atoms with Gasteiger partial charge in [0.15, 0.2) is 0 Å². The van der Waals surface area contributed by atoms with E-state index in [0.717, 1.165) is 51.9 Å². The number of benzene rings is 1. The van der Waals surface area contributed by atoms with E-state index in [1.165, 1.54) is 5.56 Å². The summed E-state index contributed by atoms with van der Waals surface area (Å²) in [6, 6.07) is 10.5. The van der Waals surface area contributed by atoms with Gasteiger partial charge in [0.25, 0.3) is 0 Å². The number of hydrogen-bond acceptors (Lipinski definition) is 3. The first-order valence-corrected chi connectivity index (χ1v) is 8.93. The number of methoxy groups -OCH3 is 1. The predicted molar refractivity (Wildman–Crippen MR) is 95.2 cm³/mol. The van der Waals surface area contributed by atoms with Gasteiger partial charge in [0, 0.05) is 33.4 Å². The van der Waals surface area contributed by atoms with Crippen LogP contribution in [0.25, 0.3) is 0 Å². The quantitative estimate of drug-likeness (QED) is 0.707. The molecule has 1 aliphatic heterocycles. The number of urea groups is 1. The van der Waals surface area contributed by atoms with Crippen molar-refractivity contribution < 1.29 is 14.3 Å².